The number of benzene rings is 2. The minimum atomic E-state index is -0.485. The third kappa shape index (κ3) is 5.30. The summed E-state index contributed by atoms with van der Waals surface area (Å²) in [4.78, 5) is 43.4. The van der Waals surface area contributed by atoms with E-state index in [9.17, 15) is 14.4 Å². The Bertz CT molecular complexity index is 1200. The van der Waals surface area contributed by atoms with Crippen LogP contribution < -0.4 is 21.3 Å². The molecule has 0 saturated carbocycles. The normalized spacial score (nSPS) is 13.5. The van der Waals surface area contributed by atoms with Gasteiger partial charge in [-0.1, -0.05) is 11.6 Å². The molecular formula is C24H22ClN5O3. The van der Waals surface area contributed by atoms with Crippen molar-refractivity contribution in [3.63, 3.8) is 0 Å². The average molecular weight is 464 g/mol. The standard InChI is InChI=1S/C24H22ClN5O3/c25-15-4-10-21(27-14-15)24(33)29-20-11-5-16(26)13-19(20)23(32)28-17-6-8-18(9-7-17)30-12-2-1-3-22(30)31/h4-11,13-14H,1-3,12,26H2,(H,28,32)(H,29,33). The van der Waals surface area contributed by atoms with E-state index in [1.807, 2.05) is 0 Å². The zero-order valence-electron chi connectivity index (χ0n) is 17.7. The van der Waals surface area contributed by atoms with Gasteiger partial charge in [0.2, 0.25) is 5.91 Å². The molecule has 1 aliphatic rings. The lowest BCUT2D eigenvalue weighted by Crippen LogP contribution is -2.35. The first-order valence-electron chi connectivity index (χ1n) is 10.4. The average Bonchev–Trinajstić information content (AvgIpc) is 2.81. The maximum absolute atomic E-state index is 13.0. The van der Waals surface area contributed by atoms with Crippen molar-refractivity contribution in [2.75, 3.05) is 27.8 Å². The molecule has 33 heavy (non-hydrogen) atoms. The van der Waals surface area contributed by atoms with Crippen LogP contribution in [0.3, 0.4) is 0 Å². The molecule has 0 aliphatic carbocycles. The van der Waals surface area contributed by atoms with Crippen LogP contribution in [-0.2, 0) is 4.79 Å². The van der Waals surface area contributed by atoms with Crippen molar-refractivity contribution in [1.29, 1.82) is 0 Å². The van der Waals surface area contributed by atoms with Gasteiger partial charge in [-0.05, 0) is 67.4 Å². The van der Waals surface area contributed by atoms with E-state index in [0.717, 1.165) is 18.5 Å². The molecule has 1 saturated heterocycles. The quantitative estimate of drug-likeness (QED) is 0.486. The fourth-order valence-electron chi connectivity index (χ4n) is 3.56. The van der Waals surface area contributed by atoms with E-state index >= 15 is 0 Å². The van der Waals surface area contributed by atoms with Gasteiger partial charge in [-0.3, -0.25) is 14.4 Å². The number of hydrogen-bond acceptors (Lipinski definition) is 5. The van der Waals surface area contributed by atoms with Gasteiger partial charge in [0.05, 0.1) is 16.3 Å². The van der Waals surface area contributed by atoms with Crippen LogP contribution in [0.2, 0.25) is 5.02 Å². The van der Waals surface area contributed by atoms with Crippen molar-refractivity contribution >= 4 is 52.1 Å². The summed E-state index contributed by atoms with van der Waals surface area (Å²) in [6.45, 7) is 0.694. The van der Waals surface area contributed by atoms with Crippen LogP contribution in [0.5, 0.6) is 0 Å². The maximum Gasteiger partial charge on any atom is 0.274 e. The van der Waals surface area contributed by atoms with Gasteiger partial charge in [0.25, 0.3) is 11.8 Å². The predicted molar refractivity (Wildman–Crippen MR) is 129 cm³/mol. The van der Waals surface area contributed by atoms with Gasteiger partial charge in [-0.25, -0.2) is 4.98 Å². The van der Waals surface area contributed by atoms with Crippen molar-refractivity contribution in [3.05, 3.63) is 77.1 Å². The van der Waals surface area contributed by atoms with Gasteiger partial charge in [-0.15, -0.1) is 0 Å². The summed E-state index contributed by atoms with van der Waals surface area (Å²) in [5, 5.41) is 5.91. The third-order valence-corrected chi connectivity index (χ3v) is 5.48. The zero-order valence-corrected chi connectivity index (χ0v) is 18.4. The van der Waals surface area contributed by atoms with Crippen LogP contribution in [0.25, 0.3) is 0 Å². The summed E-state index contributed by atoms with van der Waals surface area (Å²) in [7, 11) is 0. The molecule has 0 radical (unpaired) electrons. The molecule has 0 unspecified atom stereocenters. The highest BCUT2D eigenvalue weighted by atomic mass is 35.5. The summed E-state index contributed by atoms with van der Waals surface area (Å²) in [6.07, 6.45) is 3.80. The van der Waals surface area contributed by atoms with Crippen LogP contribution in [0, 0.1) is 0 Å². The molecule has 0 atom stereocenters. The third-order valence-electron chi connectivity index (χ3n) is 5.26. The van der Waals surface area contributed by atoms with Gasteiger partial charge < -0.3 is 21.3 Å². The number of nitrogens with two attached hydrogens (primary N) is 1. The number of piperidine rings is 1. The van der Waals surface area contributed by atoms with Crippen molar-refractivity contribution in [2.24, 2.45) is 0 Å². The van der Waals surface area contributed by atoms with Gasteiger partial charge in [0, 0.05) is 36.2 Å². The highest BCUT2D eigenvalue weighted by Gasteiger charge is 2.20. The molecule has 1 fully saturated rings. The van der Waals surface area contributed by atoms with Gasteiger partial charge in [-0.2, -0.15) is 0 Å². The first-order valence-corrected chi connectivity index (χ1v) is 10.8. The number of halogens is 1. The van der Waals surface area contributed by atoms with Crippen LogP contribution in [-0.4, -0.2) is 29.3 Å². The molecule has 9 heteroatoms. The number of pyridine rings is 1. The van der Waals surface area contributed by atoms with Crippen LogP contribution in [0.4, 0.5) is 22.7 Å². The van der Waals surface area contributed by atoms with E-state index in [-0.39, 0.29) is 17.2 Å². The molecule has 2 aromatic carbocycles. The molecule has 2 heterocycles. The molecule has 3 aromatic rings. The van der Waals surface area contributed by atoms with Crippen molar-refractivity contribution < 1.29 is 14.4 Å². The number of carbonyl (C=O) groups is 3. The number of rotatable bonds is 5. The molecule has 0 spiro atoms. The van der Waals surface area contributed by atoms with E-state index in [2.05, 4.69) is 15.6 Å². The molecule has 4 rings (SSSR count). The predicted octanol–water partition coefficient (Wildman–Crippen LogP) is 4.34. The Morgan fingerprint density at radius 1 is 0.970 bits per heavy atom. The first-order chi connectivity index (χ1) is 15.9. The van der Waals surface area contributed by atoms with Crippen molar-refractivity contribution in [3.8, 4) is 0 Å². The Morgan fingerprint density at radius 3 is 2.45 bits per heavy atom. The Labute approximate surface area is 195 Å². The summed E-state index contributed by atoms with van der Waals surface area (Å²) in [6, 6.07) is 14.7. The van der Waals surface area contributed by atoms with Crippen molar-refractivity contribution in [2.45, 2.75) is 19.3 Å². The number of amides is 3. The number of nitrogens with zero attached hydrogens (tertiary/aromatic N) is 2. The smallest absolute Gasteiger partial charge is 0.274 e. The van der Waals surface area contributed by atoms with Crippen LogP contribution >= 0.6 is 11.6 Å². The minimum Gasteiger partial charge on any atom is -0.399 e. The lowest BCUT2D eigenvalue weighted by molar-refractivity contribution is -0.119. The molecule has 4 N–H and O–H groups in total. The molecule has 0 bridgehead atoms. The monoisotopic (exact) mass is 463 g/mol. The first kappa shape index (κ1) is 22.3. The Hall–Kier alpha value is -3.91. The SMILES string of the molecule is Nc1ccc(NC(=O)c2ccc(Cl)cn2)c(C(=O)Nc2ccc(N3CCCCC3=O)cc2)c1. The highest BCUT2D eigenvalue weighted by Crippen LogP contribution is 2.25. The fraction of sp³-hybridized carbons (Fsp3) is 0.167. The molecule has 1 aliphatic heterocycles. The molecule has 8 nitrogen and oxygen atoms in total. The van der Waals surface area contributed by atoms with E-state index in [1.165, 1.54) is 18.3 Å². The number of nitrogen functional groups attached to an aromatic ring is 1. The van der Waals surface area contributed by atoms with Gasteiger partial charge in [0.15, 0.2) is 0 Å². The maximum atomic E-state index is 13.0. The van der Waals surface area contributed by atoms with E-state index in [1.54, 1.807) is 47.4 Å². The second-order valence-corrected chi connectivity index (χ2v) is 8.06. The lowest BCUT2D eigenvalue weighted by atomic mass is 10.1. The summed E-state index contributed by atoms with van der Waals surface area (Å²) in [5.74, 6) is -0.821. The minimum absolute atomic E-state index is 0.105. The van der Waals surface area contributed by atoms with E-state index in [4.69, 9.17) is 17.3 Å². The summed E-state index contributed by atoms with van der Waals surface area (Å²) < 4.78 is 0. The van der Waals surface area contributed by atoms with Crippen LogP contribution in [0.1, 0.15) is 40.1 Å². The molecular weight excluding hydrogens is 442 g/mol. The Kier molecular flexibility index (Phi) is 6.55. The Balaban J connectivity index is 1.50. The highest BCUT2D eigenvalue weighted by molar-refractivity contribution is 6.30. The number of aromatic nitrogens is 1. The summed E-state index contributed by atoms with van der Waals surface area (Å²) >= 11 is 5.82. The zero-order chi connectivity index (χ0) is 23.4. The molecule has 1 aromatic heterocycles. The lowest BCUT2D eigenvalue weighted by Gasteiger charge is -2.26. The summed E-state index contributed by atoms with van der Waals surface area (Å²) in [5.41, 5.74) is 8.25. The molecule has 168 valence electrons. The number of carbonyl (C=O) groups excluding carboxylic acids is 3. The van der Waals surface area contributed by atoms with E-state index in [0.29, 0.717) is 35.1 Å². The van der Waals surface area contributed by atoms with Crippen LogP contribution in [0.15, 0.2) is 60.8 Å². The second-order valence-electron chi connectivity index (χ2n) is 7.62. The van der Waals surface area contributed by atoms with Crippen molar-refractivity contribution in [1.82, 2.24) is 4.98 Å². The van der Waals surface area contributed by atoms with E-state index < -0.39 is 11.8 Å². The largest absolute Gasteiger partial charge is 0.399 e. The van der Waals surface area contributed by atoms with Gasteiger partial charge in [0.1, 0.15) is 5.69 Å². The topological polar surface area (TPSA) is 117 Å². The second kappa shape index (κ2) is 9.70. The number of anilines is 4. The van der Waals surface area contributed by atoms with Gasteiger partial charge >= 0.3 is 0 Å². The number of nitrogens with one attached hydrogen (secondary N) is 2. The Morgan fingerprint density at radius 2 is 1.76 bits per heavy atom. The molecule has 3 amide bonds. The number of hydrogen-bond donors (Lipinski definition) is 3. The fourth-order valence-corrected chi connectivity index (χ4v) is 3.67.